The van der Waals surface area contributed by atoms with E-state index in [-0.39, 0.29) is 6.61 Å². The minimum atomic E-state index is -0.560. The molecule has 0 bridgehead atoms. The van der Waals surface area contributed by atoms with Gasteiger partial charge in [0.15, 0.2) is 0 Å². The van der Waals surface area contributed by atoms with Gasteiger partial charge in [0, 0.05) is 13.1 Å². The Morgan fingerprint density at radius 3 is 1.55 bits per heavy atom. The minimum Gasteiger partial charge on any atom is -0.394 e. The molecule has 0 aromatic heterocycles. The zero-order valence-corrected chi connectivity index (χ0v) is 7.59. The van der Waals surface area contributed by atoms with Gasteiger partial charge >= 0.3 is 0 Å². The maximum absolute atomic E-state index is 8.11. The van der Waals surface area contributed by atoms with Gasteiger partial charge in [0.25, 0.3) is 0 Å². The van der Waals surface area contributed by atoms with Crippen molar-refractivity contribution in [3.8, 4) is 0 Å². The van der Waals surface area contributed by atoms with Crippen LogP contribution in [-0.2, 0) is 0 Å². The lowest BCUT2D eigenvalue weighted by atomic mass is 10.5. The SMILES string of the molecule is CC(O)CO.CCNNCC. The van der Waals surface area contributed by atoms with Crippen molar-refractivity contribution >= 4 is 0 Å². The molecule has 11 heavy (non-hydrogen) atoms. The zero-order valence-electron chi connectivity index (χ0n) is 7.59. The first-order chi connectivity index (χ1) is 5.18. The highest BCUT2D eigenvalue weighted by atomic mass is 16.3. The van der Waals surface area contributed by atoms with E-state index in [1.807, 2.05) is 0 Å². The Balaban J connectivity index is 0. The summed E-state index contributed by atoms with van der Waals surface area (Å²) in [7, 11) is 0. The van der Waals surface area contributed by atoms with E-state index in [1.165, 1.54) is 6.92 Å². The average Bonchev–Trinajstić information content (AvgIpc) is 2.02. The van der Waals surface area contributed by atoms with Gasteiger partial charge in [-0.2, -0.15) is 0 Å². The molecule has 0 saturated heterocycles. The van der Waals surface area contributed by atoms with E-state index in [1.54, 1.807) is 0 Å². The van der Waals surface area contributed by atoms with Gasteiger partial charge in [-0.25, -0.2) is 0 Å². The van der Waals surface area contributed by atoms with E-state index in [0.29, 0.717) is 0 Å². The molecule has 0 radical (unpaired) electrons. The second-order valence-corrected chi connectivity index (χ2v) is 2.09. The summed E-state index contributed by atoms with van der Waals surface area (Å²) >= 11 is 0. The van der Waals surface area contributed by atoms with Crippen molar-refractivity contribution in [2.45, 2.75) is 26.9 Å². The average molecular weight is 164 g/mol. The molecular weight excluding hydrogens is 144 g/mol. The highest BCUT2D eigenvalue weighted by Gasteiger charge is 1.83. The van der Waals surface area contributed by atoms with E-state index in [4.69, 9.17) is 10.2 Å². The Hall–Kier alpha value is -0.160. The Morgan fingerprint density at radius 1 is 1.18 bits per heavy atom. The monoisotopic (exact) mass is 164 g/mol. The molecule has 0 aliphatic heterocycles. The molecule has 0 aromatic carbocycles. The van der Waals surface area contributed by atoms with Gasteiger partial charge < -0.3 is 10.2 Å². The molecule has 0 rings (SSSR count). The highest BCUT2D eigenvalue weighted by molar-refractivity contribution is 4.34. The summed E-state index contributed by atoms with van der Waals surface area (Å²) in [6.45, 7) is 7.49. The first-order valence-corrected chi connectivity index (χ1v) is 3.93. The summed E-state index contributed by atoms with van der Waals surface area (Å²) in [6.07, 6.45) is -0.560. The van der Waals surface area contributed by atoms with Crippen molar-refractivity contribution in [1.82, 2.24) is 10.9 Å². The van der Waals surface area contributed by atoms with Crippen LogP contribution in [0, 0.1) is 0 Å². The summed E-state index contributed by atoms with van der Waals surface area (Å²) in [4.78, 5) is 0. The summed E-state index contributed by atoms with van der Waals surface area (Å²) in [5, 5.41) is 16.0. The fourth-order valence-electron chi connectivity index (χ4n) is 0.250. The molecule has 0 saturated carbocycles. The highest BCUT2D eigenvalue weighted by Crippen LogP contribution is 1.68. The van der Waals surface area contributed by atoms with Crippen molar-refractivity contribution in [1.29, 1.82) is 0 Å². The van der Waals surface area contributed by atoms with E-state index in [0.717, 1.165) is 13.1 Å². The standard InChI is InChI=1S/C4H12N2.C3H8O2/c1-3-5-6-4-2;1-3(5)2-4/h5-6H,3-4H2,1-2H3;3-5H,2H2,1H3. The second-order valence-electron chi connectivity index (χ2n) is 2.09. The quantitative estimate of drug-likeness (QED) is 0.333. The van der Waals surface area contributed by atoms with Crippen LogP contribution in [0.4, 0.5) is 0 Å². The molecule has 1 atom stereocenters. The Labute approximate surface area is 68.6 Å². The predicted octanol–water partition coefficient (Wildman–Crippen LogP) is -0.520. The molecular formula is C7H20N2O2. The molecule has 0 fully saturated rings. The molecule has 0 heterocycles. The third-order valence-electron chi connectivity index (χ3n) is 0.743. The predicted molar refractivity (Wildman–Crippen MR) is 46.1 cm³/mol. The molecule has 1 unspecified atom stereocenters. The number of hydrazine groups is 1. The van der Waals surface area contributed by atoms with Crippen LogP contribution < -0.4 is 10.9 Å². The number of rotatable bonds is 4. The lowest BCUT2D eigenvalue weighted by molar-refractivity contribution is 0.110. The van der Waals surface area contributed by atoms with Crippen LogP contribution in [0.2, 0.25) is 0 Å². The number of nitrogens with one attached hydrogen (secondary N) is 2. The van der Waals surface area contributed by atoms with Crippen LogP contribution in [0.25, 0.3) is 0 Å². The Bertz CT molecular complexity index is 56.4. The van der Waals surface area contributed by atoms with Gasteiger partial charge in [0.05, 0.1) is 12.7 Å². The number of aliphatic hydroxyl groups excluding tert-OH is 2. The summed E-state index contributed by atoms with van der Waals surface area (Å²) < 4.78 is 0. The smallest absolute Gasteiger partial charge is 0.0742 e. The van der Waals surface area contributed by atoms with E-state index in [2.05, 4.69) is 24.7 Å². The molecule has 4 N–H and O–H groups in total. The van der Waals surface area contributed by atoms with E-state index >= 15 is 0 Å². The van der Waals surface area contributed by atoms with Crippen molar-refractivity contribution in [3.63, 3.8) is 0 Å². The third kappa shape index (κ3) is 25.8. The fraction of sp³-hybridized carbons (Fsp3) is 1.00. The molecule has 0 aliphatic carbocycles. The van der Waals surface area contributed by atoms with Crippen molar-refractivity contribution < 1.29 is 10.2 Å². The van der Waals surface area contributed by atoms with Crippen LogP contribution in [-0.4, -0.2) is 36.0 Å². The molecule has 0 spiro atoms. The molecule has 4 heteroatoms. The normalized spacial score (nSPS) is 11.7. The van der Waals surface area contributed by atoms with Gasteiger partial charge in [0.2, 0.25) is 0 Å². The molecule has 0 amide bonds. The minimum absolute atomic E-state index is 0.139. The van der Waals surface area contributed by atoms with Crippen LogP contribution in [0.15, 0.2) is 0 Å². The van der Waals surface area contributed by atoms with Crippen LogP contribution in [0.3, 0.4) is 0 Å². The van der Waals surface area contributed by atoms with Gasteiger partial charge in [-0.3, -0.25) is 10.9 Å². The molecule has 4 nitrogen and oxygen atoms in total. The van der Waals surface area contributed by atoms with Crippen molar-refractivity contribution in [2.75, 3.05) is 19.7 Å². The maximum atomic E-state index is 8.11. The van der Waals surface area contributed by atoms with Crippen molar-refractivity contribution in [2.24, 2.45) is 0 Å². The van der Waals surface area contributed by atoms with Crippen LogP contribution in [0.5, 0.6) is 0 Å². The fourth-order valence-corrected chi connectivity index (χ4v) is 0.250. The number of hydrogen-bond donors (Lipinski definition) is 4. The topological polar surface area (TPSA) is 64.5 Å². The maximum Gasteiger partial charge on any atom is 0.0742 e. The Morgan fingerprint density at radius 2 is 1.45 bits per heavy atom. The van der Waals surface area contributed by atoms with E-state index < -0.39 is 6.10 Å². The summed E-state index contributed by atoms with van der Waals surface area (Å²) in [5.41, 5.74) is 5.90. The van der Waals surface area contributed by atoms with E-state index in [9.17, 15) is 0 Å². The van der Waals surface area contributed by atoms with Gasteiger partial charge in [-0.05, 0) is 6.92 Å². The van der Waals surface area contributed by atoms with Gasteiger partial charge in [0.1, 0.15) is 0 Å². The largest absolute Gasteiger partial charge is 0.394 e. The van der Waals surface area contributed by atoms with Gasteiger partial charge in [-0.1, -0.05) is 13.8 Å². The molecule has 70 valence electrons. The van der Waals surface area contributed by atoms with Crippen molar-refractivity contribution in [3.05, 3.63) is 0 Å². The lowest BCUT2D eigenvalue weighted by Crippen LogP contribution is -2.30. The third-order valence-corrected chi connectivity index (χ3v) is 0.743. The summed E-state index contributed by atoms with van der Waals surface area (Å²) in [6, 6.07) is 0. The molecule has 0 aromatic rings. The lowest BCUT2D eigenvalue weighted by Gasteiger charge is -1.95. The Kier molecular flexibility index (Phi) is 15.3. The van der Waals surface area contributed by atoms with Crippen LogP contribution in [0.1, 0.15) is 20.8 Å². The summed E-state index contributed by atoms with van der Waals surface area (Å²) in [5.74, 6) is 0. The second kappa shape index (κ2) is 12.5. The van der Waals surface area contributed by atoms with Gasteiger partial charge in [-0.15, -0.1) is 0 Å². The first kappa shape index (κ1) is 13.4. The zero-order chi connectivity index (χ0) is 9.11. The number of hydrogen-bond acceptors (Lipinski definition) is 4. The molecule has 0 aliphatic rings. The van der Waals surface area contributed by atoms with Crippen LogP contribution >= 0.6 is 0 Å². The first-order valence-electron chi connectivity index (χ1n) is 3.93. The number of aliphatic hydroxyl groups is 2.